The van der Waals surface area contributed by atoms with Crippen molar-refractivity contribution in [2.45, 2.75) is 19.9 Å². The molecule has 0 heterocycles. The predicted molar refractivity (Wildman–Crippen MR) is 76.3 cm³/mol. The van der Waals surface area contributed by atoms with Gasteiger partial charge in [-0.3, -0.25) is 0 Å². The van der Waals surface area contributed by atoms with E-state index in [4.69, 9.17) is 11.6 Å². The summed E-state index contributed by atoms with van der Waals surface area (Å²) in [5.74, 6) is 0.286. The second-order valence-electron chi connectivity index (χ2n) is 4.42. The quantitative estimate of drug-likeness (QED) is 0.851. The van der Waals surface area contributed by atoms with E-state index in [1.807, 2.05) is 37.3 Å². The van der Waals surface area contributed by atoms with E-state index < -0.39 is 0 Å². The number of halogens is 1. The summed E-state index contributed by atoms with van der Waals surface area (Å²) < 4.78 is 0. The van der Waals surface area contributed by atoms with Gasteiger partial charge in [0.25, 0.3) is 0 Å². The monoisotopic (exact) mass is 261 g/mol. The van der Waals surface area contributed by atoms with Crippen LogP contribution in [-0.2, 0) is 0 Å². The minimum atomic E-state index is 0.122. The highest BCUT2D eigenvalue weighted by Gasteiger charge is 2.07. The van der Waals surface area contributed by atoms with E-state index in [0.717, 1.165) is 21.8 Å². The lowest BCUT2D eigenvalue weighted by atomic mass is 10.1. The van der Waals surface area contributed by atoms with Gasteiger partial charge in [0.05, 0.1) is 0 Å². The molecule has 0 aromatic heterocycles. The molecule has 3 heteroatoms. The van der Waals surface area contributed by atoms with Gasteiger partial charge in [0, 0.05) is 16.8 Å². The third-order valence-corrected chi connectivity index (χ3v) is 3.17. The van der Waals surface area contributed by atoms with Gasteiger partial charge < -0.3 is 10.4 Å². The smallest absolute Gasteiger partial charge is 0.115 e. The minimum Gasteiger partial charge on any atom is -0.508 e. The zero-order valence-electron chi connectivity index (χ0n) is 10.4. The second-order valence-corrected chi connectivity index (χ2v) is 4.86. The Morgan fingerprint density at radius 2 is 1.94 bits per heavy atom. The number of hydrogen-bond donors (Lipinski definition) is 2. The van der Waals surface area contributed by atoms with Crippen LogP contribution in [0.2, 0.25) is 5.02 Å². The number of nitrogens with one attached hydrogen (secondary N) is 1. The fourth-order valence-electron chi connectivity index (χ4n) is 1.90. The Balaban J connectivity index is 2.18. The number of aryl methyl sites for hydroxylation is 1. The van der Waals surface area contributed by atoms with E-state index in [1.54, 1.807) is 12.1 Å². The van der Waals surface area contributed by atoms with Crippen LogP contribution in [0.3, 0.4) is 0 Å². The largest absolute Gasteiger partial charge is 0.508 e. The van der Waals surface area contributed by atoms with Crippen molar-refractivity contribution in [1.82, 2.24) is 0 Å². The molecule has 2 aromatic rings. The molecule has 0 fully saturated rings. The summed E-state index contributed by atoms with van der Waals surface area (Å²) in [5, 5.41) is 13.6. The SMILES string of the molecule is Cc1cc(Cl)ccc1NC(C)c1cccc(O)c1. The molecular formula is C15H16ClNO. The molecule has 0 aliphatic heterocycles. The molecule has 2 rings (SSSR count). The molecule has 2 N–H and O–H groups in total. The van der Waals surface area contributed by atoms with E-state index in [1.165, 1.54) is 0 Å². The van der Waals surface area contributed by atoms with Gasteiger partial charge >= 0.3 is 0 Å². The van der Waals surface area contributed by atoms with E-state index in [-0.39, 0.29) is 11.8 Å². The molecular weight excluding hydrogens is 246 g/mol. The van der Waals surface area contributed by atoms with Crippen molar-refractivity contribution in [3.05, 3.63) is 58.6 Å². The van der Waals surface area contributed by atoms with E-state index in [2.05, 4.69) is 12.2 Å². The number of benzene rings is 2. The lowest BCUT2D eigenvalue weighted by molar-refractivity contribution is 0.474. The molecule has 1 atom stereocenters. The molecule has 0 aliphatic carbocycles. The Labute approximate surface area is 112 Å². The first-order chi connectivity index (χ1) is 8.56. The molecule has 0 amide bonds. The van der Waals surface area contributed by atoms with Gasteiger partial charge in [-0.1, -0.05) is 23.7 Å². The molecule has 1 unspecified atom stereocenters. The van der Waals surface area contributed by atoms with Crippen LogP contribution in [-0.4, -0.2) is 5.11 Å². The van der Waals surface area contributed by atoms with Crippen LogP contribution in [0.4, 0.5) is 5.69 Å². The summed E-state index contributed by atoms with van der Waals surface area (Å²) in [7, 11) is 0. The summed E-state index contributed by atoms with van der Waals surface area (Å²) in [4.78, 5) is 0. The first kappa shape index (κ1) is 12.8. The number of phenolic OH excluding ortho intramolecular Hbond substituents is 1. The number of hydrogen-bond acceptors (Lipinski definition) is 2. The van der Waals surface area contributed by atoms with Crippen LogP contribution in [0.15, 0.2) is 42.5 Å². The van der Waals surface area contributed by atoms with E-state index in [0.29, 0.717) is 0 Å². The van der Waals surface area contributed by atoms with E-state index in [9.17, 15) is 5.11 Å². The number of anilines is 1. The van der Waals surface area contributed by atoms with Gasteiger partial charge in [-0.25, -0.2) is 0 Å². The highest BCUT2D eigenvalue weighted by Crippen LogP contribution is 2.25. The average molecular weight is 262 g/mol. The minimum absolute atomic E-state index is 0.122. The van der Waals surface area contributed by atoms with Crippen molar-refractivity contribution in [3.63, 3.8) is 0 Å². The molecule has 0 aliphatic rings. The van der Waals surface area contributed by atoms with Crippen LogP contribution in [0.1, 0.15) is 24.1 Å². The fourth-order valence-corrected chi connectivity index (χ4v) is 2.13. The highest BCUT2D eigenvalue weighted by molar-refractivity contribution is 6.30. The van der Waals surface area contributed by atoms with Crippen molar-refractivity contribution < 1.29 is 5.11 Å². The topological polar surface area (TPSA) is 32.3 Å². The molecule has 0 saturated carbocycles. The standard InChI is InChI=1S/C15H16ClNO/c1-10-8-13(16)6-7-15(10)17-11(2)12-4-3-5-14(18)9-12/h3-9,11,17-18H,1-2H3. The number of rotatable bonds is 3. The van der Waals surface area contributed by atoms with Gasteiger partial charge in [0.1, 0.15) is 5.75 Å². The maximum absolute atomic E-state index is 9.47. The normalized spacial score (nSPS) is 12.2. The van der Waals surface area contributed by atoms with Crippen LogP contribution in [0.5, 0.6) is 5.75 Å². The Kier molecular flexibility index (Phi) is 3.78. The lowest BCUT2D eigenvalue weighted by Gasteiger charge is -2.17. The second kappa shape index (κ2) is 5.32. The van der Waals surface area contributed by atoms with Crippen molar-refractivity contribution in [2.24, 2.45) is 0 Å². The highest BCUT2D eigenvalue weighted by atomic mass is 35.5. The molecule has 0 spiro atoms. The Hall–Kier alpha value is -1.67. The maximum atomic E-state index is 9.47. The van der Waals surface area contributed by atoms with Crippen LogP contribution in [0, 0.1) is 6.92 Å². The summed E-state index contributed by atoms with van der Waals surface area (Å²) in [5.41, 5.74) is 3.20. The maximum Gasteiger partial charge on any atom is 0.115 e. The van der Waals surface area contributed by atoms with Gasteiger partial charge in [-0.15, -0.1) is 0 Å². The molecule has 0 saturated heterocycles. The molecule has 94 valence electrons. The molecule has 0 bridgehead atoms. The van der Waals surface area contributed by atoms with Crippen molar-refractivity contribution >= 4 is 17.3 Å². The van der Waals surface area contributed by atoms with Gasteiger partial charge in [-0.05, 0) is 55.3 Å². The first-order valence-electron chi connectivity index (χ1n) is 5.88. The van der Waals surface area contributed by atoms with Crippen LogP contribution in [0.25, 0.3) is 0 Å². The molecule has 2 nitrogen and oxygen atoms in total. The third kappa shape index (κ3) is 2.96. The Bertz CT molecular complexity index is 554. The Morgan fingerprint density at radius 3 is 2.61 bits per heavy atom. The summed E-state index contributed by atoms with van der Waals surface area (Å²) >= 11 is 5.93. The zero-order valence-corrected chi connectivity index (χ0v) is 11.2. The first-order valence-corrected chi connectivity index (χ1v) is 6.25. The Morgan fingerprint density at radius 1 is 1.17 bits per heavy atom. The summed E-state index contributed by atoms with van der Waals surface area (Å²) in [6.07, 6.45) is 0. The number of phenols is 1. The fraction of sp³-hybridized carbons (Fsp3) is 0.200. The van der Waals surface area contributed by atoms with Crippen LogP contribution < -0.4 is 5.32 Å². The zero-order chi connectivity index (χ0) is 13.1. The third-order valence-electron chi connectivity index (χ3n) is 2.93. The van der Waals surface area contributed by atoms with Gasteiger partial charge in [0.15, 0.2) is 0 Å². The molecule has 18 heavy (non-hydrogen) atoms. The van der Waals surface area contributed by atoms with Crippen LogP contribution >= 0.6 is 11.6 Å². The predicted octanol–water partition coefficient (Wildman–Crippen LogP) is 4.53. The summed E-state index contributed by atoms with van der Waals surface area (Å²) in [6.45, 7) is 4.08. The van der Waals surface area contributed by atoms with Gasteiger partial charge in [-0.2, -0.15) is 0 Å². The summed E-state index contributed by atoms with van der Waals surface area (Å²) in [6, 6.07) is 13.2. The van der Waals surface area contributed by atoms with E-state index >= 15 is 0 Å². The van der Waals surface area contributed by atoms with Crippen molar-refractivity contribution in [3.8, 4) is 5.75 Å². The lowest BCUT2D eigenvalue weighted by Crippen LogP contribution is -2.07. The van der Waals surface area contributed by atoms with Crippen molar-refractivity contribution in [2.75, 3.05) is 5.32 Å². The molecule has 0 radical (unpaired) electrons. The van der Waals surface area contributed by atoms with Crippen molar-refractivity contribution in [1.29, 1.82) is 0 Å². The average Bonchev–Trinajstić information content (AvgIpc) is 2.32. The number of aromatic hydroxyl groups is 1. The van der Waals surface area contributed by atoms with Gasteiger partial charge in [0.2, 0.25) is 0 Å². The molecule has 2 aromatic carbocycles.